The minimum atomic E-state index is -2.60. The second-order valence-corrected chi connectivity index (χ2v) is 5.36. The molecule has 0 atom stereocenters. The third-order valence-electron chi connectivity index (χ3n) is 2.48. The number of hydrogen-bond acceptors (Lipinski definition) is 4. The van der Waals surface area contributed by atoms with E-state index in [0.29, 0.717) is 16.1 Å². The Morgan fingerprint density at radius 3 is 2.20 bits per heavy atom. The molecule has 7 heteroatoms. The molecular formula is C13H9Cl2O4P. The maximum atomic E-state index is 12.2. The molecule has 0 saturated carbocycles. The normalized spacial score (nSPS) is 10.7. The fourth-order valence-corrected chi connectivity index (χ4v) is 2.23. The summed E-state index contributed by atoms with van der Waals surface area (Å²) in [5.74, 6) is -0.203. The Kier molecular flexibility index (Phi) is 4.97. The van der Waals surface area contributed by atoms with Gasteiger partial charge in [-0.15, -0.1) is 0 Å². The first-order chi connectivity index (χ1) is 9.47. The Morgan fingerprint density at radius 2 is 1.60 bits per heavy atom. The van der Waals surface area contributed by atoms with Crippen LogP contribution in [0.15, 0.2) is 42.5 Å². The van der Waals surface area contributed by atoms with Gasteiger partial charge in [-0.05, 0) is 42.5 Å². The second-order valence-electron chi connectivity index (χ2n) is 3.83. The SMILES string of the molecule is O=C(c1ccc(Cl)cc1)c1ccc(Cl)c(OP(O)O)c1. The fourth-order valence-electron chi connectivity index (χ4n) is 1.57. The van der Waals surface area contributed by atoms with E-state index in [4.69, 9.17) is 37.5 Å². The first-order valence-corrected chi connectivity index (χ1v) is 7.35. The lowest BCUT2D eigenvalue weighted by Crippen LogP contribution is -2.01. The van der Waals surface area contributed by atoms with Gasteiger partial charge in [-0.1, -0.05) is 23.2 Å². The quantitative estimate of drug-likeness (QED) is 0.660. The summed E-state index contributed by atoms with van der Waals surface area (Å²) >= 11 is 11.6. The predicted molar refractivity (Wildman–Crippen MR) is 78.3 cm³/mol. The molecule has 2 rings (SSSR count). The van der Waals surface area contributed by atoms with E-state index in [1.165, 1.54) is 18.2 Å². The van der Waals surface area contributed by atoms with Crippen LogP contribution >= 0.6 is 31.8 Å². The van der Waals surface area contributed by atoms with Gasteiger partial charge >= 0.3 is 8.60 Å². The van der Waals surface area contributed by atoms with Crippen LogP contribution in [0.2, 0.25) is 10.0 Å². The third kappa shape index (κ3) is 3.69. The van der Waals surface area contributed by atoms with Crippen LogP contribution in [-0.2, 0) is 0 Å². The minimum Gasteiger partial charge on any atom is -0.425 e. The molecule has 2 aromatic carbocycles. The number of ketones is 1. The summed E-state index contributed by atoms with van der Waals surface area (Å²) in [6.45, 7) is 0. The smallest absolute Gasteiger partial charge is 0.391 e. The zero-order valence-electron chi connectivity index (χ0n) is 9.96. The van der Waals surface area contributed by atoms with Gasteiger partial charge in [-0.25, -0.2) is 0 Å². The lowest BCUT2D eigenvalue weighted by molar-refractivity contribution is 0.103. The molecule has 0 spiro atoms. The highest BCUT2D eigenvalue weighted by atomic mass is 35.5. The van der Waals surface area contributed by atoms with Gasteiger partial charge in [0.1, 0.15) is 5.75 Å². The summed E-state index contributed by atoms with van der Waals surface area (Å²) in [7, 11) is -2.60. The van der Waals surface area contributed by atoms with Crippen LogP contribution in [0.25, 0.3) is 0 Å². The fraction of sp³-hybridized carbons (Fsp3) is 0. The minimum absolute atomic E-state index is 0.0441. The molecule has 4 nitrogen and oxygen atoms in total. The lowest BCUT2D eigenvalue weighted by atomic mass is 10.0. The monoisotopic (exact) mass is 330 g/mol. The van der Waals surface area contributed by atoms with Gasteiger partial charge in [0.05, 0.1) is 5.02 Å². The maximum Gasteiger partial charge on any atom is 0.391 e. The van der Waals surface area contributed by atoms with Gasteiger partial charge in [-0.3, -0.25) is 4.79 Å². The van der Waals surface area contributed by atoms with E-state index in [0.717, 1.165) is 0 Å². The van der Waals surface area contributed by atoms with Crippen LogP contribution in [0.1, 0.15) is 15.9 Å². The molecule has 0 aliphatic rings. The number of hydrogen-bond donors (Lipinski definition) is 2. The van der Waals surface area contributed by atoms with Gasteiger partial charge in [-0.2, -0.15) is 0 Å². The largest absolute Gasteiger partial charge is 0.425 e. The molecular weight excluding hydrogens is 322 g/mol. The molecule has 2 aromatic rings. The molecule has 104 valence electrons. The Hall–Kier alpha value is -1.16. The number of carbonyl (C=O) groups excluding carboxylic acids is 1. The third-order valence-corrected chi connectivity index (χ3v) is 3.40. The summed E-state index contributed by atoms with van der Waals surface area (Å²) < 4.78 is 4.76. The molecule has 2 N–H and O–H groups in total. The van der Waals surface area contributed by atoms with Gasteiger partial charge in [0, 0.05) is 16.1 Å². The Labute approximate surface area is 126 Å². The van der Waals surface area contributed by atoms with Crippen LogP contribution in [-0.4, -0.2) is 15.6 Å². The van der Waals surface area contributed by atoms with Gasteiger partial charge in [0.15, 0.2) is 5.78 Å². The summed E-state index contributed by atoms with van der Waals surface area (Å²) in [5, 5.41) is 0.723. The molecule has 0 unspecified atom stereocenters. The van der Waals surface area contributed by atoms with Crippen LogP contribution in [0.4, 0.5) is 0 Å². The van der Waals surface area contributed by atoms with E-state index < -0.39 is 8.60 Å². The van der Waals surface area contributed by atoms with E-state index >= 15 is 0 Å². The molecule has 20 heavy (non-hydrogen) atoms. The zero-order valence-corrected chi connectivity index (χ0v) is 12.4. The van der Waals surface area contributed by atoms with Crippen LogP contribution < -0.4 is 4.52 Å². The van der Waals surface area contributed by atoms with Crippen molar-refractivity contribution in [3.8, 4) is 5.75 Å². The van der Waals surface area contributed by atoms with Crippen molar-refractivity contribution >= 4 is 37.6 Å². The molecule has 0 aliphatic heterocycles. The van der Waals surface area contributed by atoms with Gasteiger partial charge < -0.3 is 14.3 Å². The van der Waals surface area contributed by atoms with Crippen LogP contribution in [0.3, 0.4) is 0 Å². The van der Waals surface area contributed by atoms with Crippen molar-refractivity contribution < 1.29 is 19.1 Å². The van der Waals surface area contributed by atoms with Crippen molar-refractivity contribution in [1.82, 2.24) is 0 Å². The van der Waals surface area contributed by atoms with E-state index in [-0.39, 0.29) is 16.6 Å². The second kappa shape index (κ2) is 6.53. The number of halogens is 2. The number of rotatable bonds is 4. The van der Waals surface area contributed by atoms with Crippen molar-refractivity contribution in [2.24, 2.45) is 0 Å². The standard InChI is InChI=1S/C13H9Cl2O4P/c14-10-4-1-8(2-5-10)13(16)9-3-6-11(15)12(7-9)19-20(17)18/h1-7,17-18H. The molecule has 0 aromatic heterocycles. The number of benzene rings is 2. The summed E-state index contributed by atoms with van der Waals surface area (Å²) in [4.78, 5) is 29.9. The highest BCUT2D eigenvalue weighted by Gasteiger charge is 2.14. The molecule has 0 radical (unpaired) electrons. The van der Waals surface area contributed by atoms with Crippen LogP contribution in [0.5, 0.6) is 5.75 Å². The number of carbonyl (C=O) groups is 1. The van der Waals surface area contributed by atoms with Crippen molar-refractivity contribution in [2.45, 2.75) is 0 Å². The Morgan fingerprint density at radius 1 is 1.00 bits per heavy atom. The van der Waals surface area contributed by atoms with Crippen molar-refractivity contribution in [3.05, 3.63) is 63.6 Å². The Balaban J connectivity index is 2.32. The molecule has 0 aliphatic carbocycles. The lowest BCUT2D eigenvalue weighted by Gasteiger charge is -2.09. The van der Waals surface area contributed by atoms with E-state index in [1.54, 1.807) is 24.3 Å². The van der Waals surface area contributed by atoms with E-state index in [9.17, 15) is 4.79 Å². The molecule has 0 bridgehead atoms. The van der Waals surface area contributed by atoms with E-state index in [1.807, 2.05) is 0 Å². The predicted octanol–water partition coefficient (Wildman–Crippen LogP) is 3.81. The first kappa shape index (κ1) is 15.2. The summed E-state index contributed by atoms with van der Waals surface area (Å²) in [5.41, 5.74) is 0.779. The Bertz CT molecular complexity index is 629. The van der Waals surface area contributed by atoms with Gasteiger partial charge in [0.25, 0.3) is 0 Å². The highest BCUT2D eigenvalue weighted by Crippen LogP contribution is 2.35. The highest BCUT2D eigenvalue weighted by molar-refractivity contribution is 7.39. The summed E-state index contributed by atoms with van der Waals surface area (Å²) in [6.07, 6.45) is 0. The average Bonchev–Trinajstić information content (AvgIpc) is 2.41. The average molecular weight is 331 g/mol. The molecule has 0 heterocycles. The van der Waals surface area contributed by atoms with Crippen LogP contribution in [0, 0.1) is 0 Å². The van der Waals surface area contributed by atoms with Gasteiger partial charge in [0.2, 0.25) is 0 Å². The first-order valence-electron chi connectivity index (χ1n) is 5.43. The van der Waals surface area contributed by atoms with Crippen molar-refractivity contribution in [3.63, 3.8) is 0 Å². The maximum absolute atomic E-state index is 12.2. The molecule has 0 saturated heterocycles. The topological polar surface area (TPSA) is 66.8 Å². The van der Waals surface area contributed by atoms with E-state index in [2.05, 4.69) is 0 Å². The zero-order chi connectivity index (χ0) is 14.7. The molecule has 0 fully saturated rings. The van der Waals surface area contributed by atoms with Crippen molar-refractivity contribution in [1.29, 1.82) is 0 Å². The summed E-state index contributed by atoms with van der Waals surface area (Å²) in [6, 6.07) is 10.8. The molecule has 0 amide bonds. The van der Waals surface area contributed by atoms with Crippen molar-refractivity contribution in [2.75, 3.05) is 0 Å².